The standard InChI is InChI=1S/C29H28ClN3O5S/c1-37-25-12-7-19(17-26(25)38-2)13-15-31-27(35)14-16-33-28(36)22-5-3-4-6-23(22)32-29(33)39-18-24(34)20-8-10-21(30)11-9-20/h3-12,17H,13-16,18H2,1-2H3,(H,31,35). The average Bonchev–Trinajstić information content (AvgIpc) is 2.95. The van der Waals surface area contributed by atoms with Gasteiger partial charge in [0, 0.05) is 30.1 Å². The summed E-state index contributed by atoms with van der Waals surface area (Å²) in [5.74, 6) is 1.05. The summed E-state index contributed by atoms with van der Waals surface area (Å²) in [6, 6.07) is 19.3. The molecule has 0 aliphatic heterocycles. The Morgan fingerprint density at radius 2 is 1.74 bits per heavy atom. The lowest BCUT2D eigenvalue weighted by molar-refractivity contribution is -0.121. The van der Waals surface area contributed by atoms with E-state index in [0.717, 1.165) is 5.56 Å². The summed E-state index contributed by atoms with van der Waals surface area (Å²) in [7, 11) is 3.16. The number of benzene rings is 3. The number of methoxy groups -OCH3 is 2. The highest BCUT2D eigenvalue weighted by Gasteiger charge is 2.15. The second-order valence-corrected chi connectivity index (χ2v) is 10.0. The molecule has 3 aromatic carbocycles. The molecular weight excluding hydrogens is 538 g/mol. The van der Waals surface area contributed by atoms with Crippen LogP contribution in [0.3, 0.4) is 0 Å². The van der Waals surface area contributed by atoms with E-state index in [0.29, 0.717) is 51.1 Å². The first-order valence-electron chi connectivity index (χ1n) is 12.3. The summed E-state index contributed by atoms with van der Waals surface area (Å²) in [4.78, 5) is 43.2. The third kappa shape index (κ3) is 7.19. The number of carbonyl (C=O) groups excluding carboxylic acids is 2. The number of ketones is 1. The Bertz CT molecular complexity index is 1540. The average molecular weight is 566 g/mol. The lowest BCUT2D eigenvalue weighted by Crippen LogP contribution is -2.30. The molecule has 0 radical (unpaired) electrons. The highest BCUT2D eigenvalue weighted by atomic mass is 35.5. The highest BCUT2D eigenvalue weighted by molar-refractivity contribution is 7.99. The largest absolute Gasteiger partial charge is 0.493 e. The van der Waals surface area contributed by atoms with Crippen LogP contribution < -0.4 is 20.3 Å². The molecule has 1 amide bonds. The molecule has 1 aromatic heterocycles. The molecule has 4 aromatic rings. The summed E-state index contributed by atoms with van der Waals surface area (Å²) in [5, 5.41) is 4.29. The van der Waals surface area contributed by atoms with Gasteiger partial charge in [0.15, 0.2) is 22.4 Å². The van der Waals surface area contributed by atoms with Crippen LogP contribution in [0.25, 0.3) is 10.9 Å². The lowest BCUT2D eigenvalue weighted by atomic mass is 10.1. The van der Waals surface area contributed by atoms with Gasteiger partial charge >= 0.3 is 0 Å². The van der Waals surface area contributed by atoms with Gasteiger partial charge in [-0.3, -0.25) is 19.0 Å². The molecule has 39 heavy (non-hydrogen) atoms. The van der Waals surface area contributed by atoms with Crippen molar-refractivity contribution in [2.75, 3.05) is 26.5 Å². The fourth-order valence-corrected chi connectivity index (χ4v) is 5.03. The molecule has 10 heteroatoms. The molecule has 0 saturated carbocycles. The zero-order valence-electron chi connectivity index (χ0n) is 21.6. The molecule has 0 fully saturated rings. The van der Waals surface area contributed by atoms with E-state index in [2.05, 4.69) is 10.3 Å². The maximum Gasteiger partial charge on any atom is 0.262 e. The predicted octanol–water partition coefficient (Wildman–Crippen LogP) is 4.79. The number of ether oxygens (including phenoxy) is 2. The zero-order valence-corrected chi connectivity index (χ0v) is 23.2. The molecular formula is C29H28ClN3O5S. The minimum atomic E-state index is -0.250. The number of fused-ring (bicyclic) bond motifs is 1. The van der Waals surface area contributed by atoms with Gasteiger partial charge in [-0.05, 0) is 60.5 Å². The summed E-state index contributed by atoms with van der Waals surface area (Å²) < 4.78 is 12.1. The molecule has 0 aliphatic carbocycles. The van der Waals surface area contributed by atoms with E-state index in [1.807, 2.05) is 18.2 Å². The second-order valence-electron chi connectivity index (χ2n) is 8.63. The number of para-hydroxylation sites is 1. The first kappa shape index (κ1) is 28.2. The van der Waals surface area contributed by atoms with Crippen LogP contribution in [-0.4, -0.2) is 47.8 Å². The summed E-state index contributed by atoms with van der Waals surface area (Å²) in [6.45, 7) is 0.562. The number of carbonyl (C=O) groups is 2. The fourth-order valence-electron chi connectivity index (χ4n) is 3.99. The molecule has 1 N–H and O–H groups in total. The molecule has 202 valence electrons. The van der Waals surface area contributed by atoms with Crippen molar-refractivity contribution >= 4 is 46.0 Å². The fraction of sp³-hybridized carbons (Fsp3) is 0.241. The molecule has 0 atom stereocenters. The molecule has 0 bridgehead atoms. The second kappa shape index (κ2) is 13.3. The van der Waals surface area contributed by atoms with Crippen molar-refractivity contribution in [3.05, 3.63) is 93.2 Å². The summed E-state index contributed by atoms with van der Waals surface area (Å²) in [6.07, 6.45) is 0.696. The molecule has 1 heterocycles. The Morgan fingerprint density at radius 1 is 1.00 bits per heavy atom. The first-order chi connectivity index (χ1) is 18.9. The number of Topliss-reactive ketones (excluding diaryl/α,β-unsaturated/α-hetero) is 1. The van der Waals surface area contributed by atoms with Gasteiger partial charge in [-0.2, -0.15) is 0 Å². The maximum atomic E-state index is 13.3. The first-order valence-corrected chi connectivity index (χ1v) is 13.6. The summed E-state index contributed by atoms with van der Waals surface area (Å²) >= 11 is 7.09. The Labute approximate surface area is 235 Å². The van der Waals surface area contributed by atoms with Crippen LogP contribution in [0.15, 0.2) is 76.7 Å². The zero-order chi connectivity index (χ0) is 27.8. The quantitative estimate of drug-likeness (QED) is 0.150. The van der Waals surface area contributed by atoms with Crippen molar-refractivity contribution < 1.29 is 19.1 Å². The lowest BCUT2D eigenvalue weighted by Gasteiger charge is -2.13. The van der Waals surface area contributed by atoms with Crippen molar-refractivity contribution in [3.63, 3.8) is 0 Å². The number of nitrogens with zero attached hydrogens (tertiary/aromatic N) is 2. The Kier molecular flexibility index (Phi) is 9.62. The van der Waals surface area contributed by atoms with E-state index in [-0.39, 0.29) is 36.0 Å². The van der Waals surface area contributed by atoms with Crippen LogP contribution in [0.4, 0.5) is 0 Å². The monoisotopic (exact) mass is 565 g/mol. The molecule has 0 spiro atoms. The van der Waals surface area contributed by atoms with Crippen molar-refractivity contribution in [3.8, 4) is 11.5 Å². The normalized spacial score (nSPS) is 10.8. The minimum Gasteiger partial charge on any atom is -0.493 e. The topological polar surface area (TPSA) is 99.5 Å². The number of amides is 1. The number of halogens is 1. The Hall–Kier alpha value is -3.82. The van der Waals surface area contributed by atoms with Crippen LogP contribution >= 0.6 is 23.4 Å². The number of nitrogens with one attached hydrogen (secondary N) is 1. The van der Waals surface area contributed by atoms with Crippen molar-refractivity contribution in [2.45, 2.75) is 24.5 Å². The van der Waals surface area contributed by atoms with E-state index in [1.165, 1.54) is 16.3 Å². The van der Waals surface area contributed by atoms with Gasteiger partial charge in [0.2, 0.25) is 5.91 Å². The van der Waals surface area contributed by atoms with Gasteiger partial charge in [-0.15, -0.1) is 0 Å². The number of rotatable bonds is 12. The predicted molar refractivity (Wildman–Crippen MR) is 153 cm³/mol. The van der Waals surface area contributed by atoms with E-state index < -0.39 is 0 Å². The van der Waals surface area contributed by atoms with Crippen LogP contribution in [0.5, 0.6) is 11.5 Å². The minimum absolute atomic E-state index is 0.0872. The third-order valence-corrected chi connectivity index (χ3v) is 7.30. The number of hydrogen-bond donors (Lipinski definition) is 1. The highest BCUT2D eigenvalue weighted by Crippen LogP contribution is 2.27. The molecule has 4 rings (SSSR count). The third-order valence-electron chi connectivity index (χ3n) is 6.07. The van der Waals surface area contributed by atoms with Crippen molar-refractivity contribution in [2.24, 2.45) is 0 Å². The van der Waals surface area contributed by atoms with Gasteiger partial charge in [-0.1, -0.05) is 41.6 Å². The number of thioether (sulfide) groups is 1. The van der Waals surface area contributed by atoms with Gasteiger partial charge in [0.05, 0.1) is 30.9 Å². The maximum absolute atomic E-state index is 13.3. The molecule has 0 saturated heterocycles. The Balaban J connectivity index is 1.41. The summed E-state index contributed by atoms with van der Waals surface area (Å²) in [5.41, 5.74) is 1.81. The van der Waals surface area contributed by atoms with Crippen LogP contribution in [0.1, 0.15) is 22.3 Å². The van der Waals surface area contributed by atoms with Crippen molar-refractivity contribution in [1.82, 2.24) is 14.9 Å². The van der Waals surface area contributed by atoms with E-state index >= 15 is 0 Å². The van der Waals surface area contributed by atoms with Gasteiger partial charge in [0.25, 0.3) is 5.56 Å². The van der Waals surface area contributed by atoms with Gasteiger partial charge in [0.1, 0.15) is 0 Å². The van der Waals surface area contributed by atoms with Crippen LogP contribution in [0, 0.1) is 0 Å². The molecule has 0 unspecified atom stereocenters. The molecule has 8 nitrogen and oxygen atoms in total. The van der Waals surface area contributed by atoms with Crippen LogP contribution in [0.2, 0.25) is 5.02 Å². The molecule has 0 aliphatic rings. The Morgan fingerprint density at radius 3 is 2.49 bits per heavy atom. The SMILES string of the molecule is COc1ccc(CCNC(=O)CCn2c(SCC(=O)c3ccc(Cl)cc3)nc3ccccc3c2=O)cc1OC. The van der Waals surface area contributed by atoms with Crippen molar-refractivity contribution in [1.29, 1.82) is 0 Å². The number of hydrogen-bond acceptors (Lipinski definition) is 7. The van der Waals surface area contributed by atoms with E-state index in [9.17, 15) is 14.4 Å². The smallest absolute Gasteiger partial charge is 0.262 e. The number of aromatic nitrogens is 2. The van der Waals surface area contributed by atoms with Gasteiger partial charge in [-0.25, -0.2) is 4.98 Å². The van der Waals surface area contributed by atoms with E-state index in [4.69, 9.17) is 21.1 Å². The van der Waals surface area contributed by atoms with Gasteiger partial charge < -0.3 is 14.8 Å². The van der Waals surface area contributed by atoms with E-state index in [1.54, 1.807) is 62.8 Å². The van der Waals surface area contributed by atoms with Crippen LogP contribution in [-0.2, 0) is 17.8 Å².